The second kappa shape index (κ2) is 6.75. The Morgan fingerprint density at radius 3 is 2.90 bits per heavy atom. The lowest BCUT2D eigenvalue weighted by atomic mass is 9.96. The van der Waals surface area contributed by atoms with Gasteiger partial charge in [-0.15, -0.1) is 11.3 Å². The first-order chi connectivity index (χ1) is 10.2. The number of aromatic nitrogens is 1. The Hall–Kier alpha value is -1.14. The Labute approximate surface area is 129 Å². The lowest BCUT2D eigenvalue weighted by molar-refractivity contribution is -0.126. The first-order valence-corrected chi connectivity index (χ1v) is 8.67. The third-order valence-corrected chi connectivity index (χ3v) is 5.29. The van der Waals surface area contributed by atoms with Crippen LogP contribution in [-0.4, -0.2) is 43.2 Å². The predicted molar refractivity (Wildman–Crippen MR) is 83.8 cm³/mol. The molecule has 0 aromatic carbocycles. The van der Waals surface area contributed by atoms with Gasteiger partial charge in [-0.3, -0.25) is 4.79 Å². The monoisotopic (exact) mass is 309 g/mol. The SMILES string of the molecule is Cc1csc(N2CCC(C(=O)NCC3CCCO3)CC2)n1. The van der Waals surface area contributed by atoms with E-state index < -0.39 is 0 Å². The van der Waals surface area contributed by atoms with Gasteiger partial charge in [-0.1, -0.05) is 0 Å². The van der Waals surface area contributed by atoms with Crippen molar-refractivity contribution in [1.29, 1.82) is 0 Å². The number of amides is 1. The van der Waals surface area contributed by atoms with Gasteiger partial charge in [0, 0.05) is 37.5 Å². The molecule has 1 unspecified atom stereocenters. The highest BCUT2D eigenvalue weighted by atomic mass is 32.1. The van der Waals surface area contributed by atoms with Crippen molar-refractivity contribution in [2.24, 2.45) is 5.92 Å². The molecule has 2 aliphatic heterocycles. The Kier molecular flexibility index (Phi) is 4.75. The van der Waals surface area contributed by atoms with Crippen molar-refractivity contribution in [2.45, 2.75) is 38.7 Å². The van der Waals surface area contributed by atoms with E-state index >= 15 is 0 Å². The van der Waals surface area contributed by atoms with Gasteiger partial charge in [0.1, 0.15) is 0 Å². The van der Waals surface area contributed by atoms with Crippen molar-refractivity contribution in [1.82, 2.24) is 10.3 Å². The van der Waals surface area contributed by atoms with Crippen LogP contribution in [0.15, 0.2) is 5.38 Å². The van der Waals surface area contributed by atoms with Crippen LogP contribution in [0.3, 0.4) is 0 Å². The molecule has 0 aliphatic carbocycles. The summed E-state index contributed by atoms with van der Waals surface area (Å²) in [7, 11) is 0. The molecule has 2 aliphatic rings. The minimum Gasteiger partial charge on any atom is -0.376 e. The first kappa shape index (κ1) is 14.8. The van der Waals surface area contributed by atoms with Crippen LogP contribution in [0.1, 0.15) is 31.4 Å². The van der Waals surface area contributed by atoms with Crippen molar-refractivity contribution in [2.75, 3.05) is 31.1 Å². The molecule has 1 amide bonds. The topological polar surface area (TPSA) is 54.5 Å². The average Bonchev–Trinajstić information content (AvgIpc) is 3.16. The number of carbonyl (C=O) groups excluding carboxylic acids is 1. The number of piperidine rings is 1. The van der Waals surface area contributed by atoms with Crippen LogP contribution < -0.4 is 10.2 Å². The van der Waals surface area contributed by atoms with E-state index in [4.69, 9.17) is 4.74 Å². The summed E-state index contributed by atoms with van der Waals surface area (Å²) in [5.41, 5.74) is 1.08. The fourth-order valence-corrected chi connectivity index (χ4v) is 3.84. The normalized spacial score (nSPS) is 23.5. The van der Waals surface area contributed by atoms with Gasteiger partial charge >= 0.3 is 0 Å². The maximum atomic E-state index is 12.2. The van der Waals surface area contributed by atoms with Gasteiger partial charge in [0.25, 0.3) is 0 Å². The smallest absolute Gasteiger partial charge is 0.223 e. The molecule has 1 aromatic rings. The average molecular weight is 309 g/mol. The molecule has 6 heteroatoms. The summed E-state index contributed by atoms with van der Waals surface area (Å²) in [4.78, 5) is 19.0. The van der Waals surface area contributed by atoms with Gasteiger partial charge in [-0.25, -0.2) is 4.98 Å². The Morgan fingerprint density at radius 2 is 2.29 bits per heavy atom. The summed E-state index contributed by atoms with van der Waals surface area (Å²) in [5.74, 6) is 0.337. The quantitative estimate of drug-likeness (QED) is 0.924. The molecule has 1 atom stereocenters. The van der Waals surface area contributed by atoms with E-state index in [0.29, 0.717) is 6.54 Å². The van der Waals surface area contributed by atoms with Crippen LogP contribution in [0.5, 0.6) is 0 Å². The van der Waals surface area contributed by atoms with Crippen molar-refractivity contribution in [3.8, 4) is 0 Å². The van der Waals surface area contributed by atoms with Crippen LogP contribution in [0.2, 0.25) is 0 Å². The number of hydrogen-bond acceptors (Lipinski definition) is 5. The van der Waals surface area contributed by atoms with Crippen LogP contribution in [0, 0.1) is 12.8 Å². The molecule has 1 aromatic heterocycles. The number of carbonyl (C=O) groups is 1. The van der Waals surface area contributed by atoms with Crippen LogP contribution in [0.25, 0.3) is 0 Å². The van der Waals surface area contributed by atoms with E-state index in [1.54, 1.807) is 11.3 Å². The zero-order valence-electron chi connectivity index (χ0n) is 12.5. The Bertz CT molecular complexity index is 477. The highest BCUT2D eigenvalue weighted by molar-refractivity contribution is 7.13. The number of nitrogens with zero attached hydrogens (tertiary/aromatic N) is 2. The molecule has 0 bridgehead atoms. The summed E-state index contributed by atoms with van der Waals surface area (Å²) in [6.07, 6.45) is 4.24. The standard InChI is InChI=1S/C15H23N3O2S/c1-11-10-21-15(17-11)18-6-4-12(5-7-18)14(19)16-9-13-3-2-8-20-13/h10,12-13H,2-9H2,1H3,(H,16,19). The Balaban J connectivity index is 1.43. The summed E-state index contributed by atoms with van der Waals surface area (Å²) in [5, 5.41) is 6.23. The molecule has 0 spiro atoms. The zero-order chi connectivity index (χ0) is 14.7. The summed E-state index contributed by atoms with van der Waals surface area (Å²) in [6.45, 7) is 5.37. The number of ether oxygens (including phenoxy) is 1. The van der Waals surface area contributed by atoms with Gasteiger partial charge < -0.3 is 15.0 Å². The van der Waals surface area contributed by atoms with E-state index in [1.807, 2.05) is 6.92 Å². The number of nitrogens with one attached hydrogen (secondary N) is 1. The largest absolute Gasteiger partial charge is 0.376 e. The number of hydrogen-bond donors (Lipinski definition) is 1. The lowest BCUT2D eigenvalue weighted by Crippen LogP contribution is -2.42. The predicted octanol–water partition coefficient (Wildman–Crippen LogP) is 1.96. The fourth-order valence-electron chi connectivity index (χ4n) is 2.98. The van der Waals surface area contributed by atoms with E-state index in [-0.39, 0.29) is 17.9 Å². The van der Waals surface area contributed by atoms with E-state index in [1.165, 1.54) is 0 Å². The molecular weight excluding hydrogens is 286 g/mol. The number of aryl methyl sites for hydroxylation is 1. The molecule has 2 fully saturated rings. The molecule has 0 saturated carbocycles. The first-order valence-electron chi connectivity index (χ1n) is 7.79. The number of anilines is 1. The summed E-state index contributed by atoms with van der Waals surface area (Å²) < 4.78 is 5.54. The minimum absolute atomic E-state index is 0.142. The zero-order valence-corrected chi connectivity index (χ0v) is 13.3. The molecule has 116 valence electrons. The van der Waals surface area contributed by atoms with E-state index in [0.717, 1.165) is 56.2 Å². The van der Waals surface area contributed by atoms with E-state index in [9.17, 15) is 4.79 Å². The molecule has 3 rings (SSSR count). The van der Waals surface area contributed by atoms with Crippen LogP contribution >= 0.6 is 11.3 Å². The van der Waals surface area contributed by atoms with Gasteiger partial charge in [0.15, 0.2) is 5.13 Å². The van der Waals surface area contributed by atoms with Gasteiger partial charge in [0.05, 0.1) is 11.8 Å². The summed E-state index contributed by atoms with van der Waals surface area (Å²) >= 11 is 1.69. The molecule has 2 saturated heterocycles. The molecule has 5 nitrogen and oxygen atoms in total. The maximum Gasteiger partial charge on any atom is 0.223 e. The van der Waals surface area contributed by atoms with Crippen LogP contribution in [-0.2, 0) is 9.53 Å². The highest BCUT2D eigenvalue weighted by Gasteiger charge is 2.27. The molecule has 0 radical (unpaired) electrons. The fraction of sp³-hybridized carbons (Fsp3) is 0.733. The summed E-state index contributed by atoms with van der Waals surface area (Å²) in [6, 6.07) is 0. The van der Waals surface area contributed by atoms with Crippen molar-refractivity contribution in [3.05, 3.63) is 11.1 Å². The van der Waals surface area contributed by atoms with Crippen molar-refractivity contribution >= 4 is 22.4 Å². The van der Waals surface area contributed by atoms with Crippen LogP contribution in [0.4, 0.5) is 5.13 Å². The molecule has 1 N–H and O–H groups in total. The molecule has 21 heavy (non-hydrogen) atoms. The van der Waals surface area contributed by atoms with Gasteiger partial charge in [0.2, 0.25) is 5.91 Å². The molecular formula is C15H23N3O2S. The van der Waals surface area contributed by atoms with E-state index in [2.05, 4.69) is 20.6 Å². The number of rotatable bonds is 4. The minimum atomic E-state index is 0.142. The van der Waals surface area contributed by atoms with Gasteiger partial charge in [-0.05, 0) is 32.6 Å². The highest BCUT2D eigenvalue weighted by Crippen LogP contribution is 2.26. The third-order valence-electron chi connectivity index (χ3n) is 4.27. The van der Waals surface area contributed by atoms with Crippen molar-refractivity contribution in [3.63, 3.8) is 0 Å². The third kappa shape index (κ3) is 3.74. The maximum absolute atomic E-state index is 12.2. The second-order valence-corrected chi connectivity index (χ2v) is 6.75. The lowest BCUT2D eigenvalue weighted by Gasteiger charge is -2.31. The van der Waals surface area contributed by atoms with Gasteiger partial charge in [-0.2, -0.15) is 0 Å². The Morgan fingerprint density at radius 1 is 1.48 bits per heavy atom. The molecule has 3 heterocycles. The number of thiazole rings is 1. The second-order valence-electron chi connectivity index (χ2n) is 5.91. The van der Waals surface area contributed by atoms with Crippen molar-refractivity contribution < 1.29 is 9.53 Å².